The van der Waals surface area contributed by atoms with Gasteiger partial charge in [0.05, 0.1) is 6.04 Å². The molecular formula is C28H40F2N2. The number of aryl methyl sites for hydroxylation is 2. The van der Waals surface area contributed by atoms with E-state index in [1.165, 1.54) is 13.8 Å². The van der Waals surface area contributed by atoms with Gasteiger partial charge in [0, 0.05) is 28.2 Å². The van der Waals surface area contributed by atoms with Gasteiger partial charge in [0.15, 0.2) is 0 Å². The van der Waals surface area contributed by atoms with Crippen molar-refractivity contribution in [1.82, 2.24) is 5.32 Å². The molecule has 1 unspecified atom stereocenters. The van der Waals surface area contributed by atoms with Gasteiger partial charge in [-0.25, -0.2) is 8.78 Å². The number of benzene rings is 1. The molecule has 1 rings (SSSR count). The molecule has 0 heterocycles. The van der Waals surface area contributed by atoms with Crippen LogP contribution in [0.1, 0.15) is 77.5 Å². The summed E-state index contributed by atoms with van der Waals surface area (Å²) in [5.41, 5.74) is 3.82. The number of allylic oxidation sites excluding steroid dienone is 3. The Morgan fingerprint density at radius 1 is 1.22 bits per heavy atom. The maximum Gasteiger partial charge on any atom is 0.131 e. The molecule has 0 aliphatic heterocycles. The highest BCUT2D eigenvalue weighted by Gasteiger charge is 2.26. The first-order valence-electron chi connectivity index (χ1n) is 11.3. The van der Waals surface area contributed by atoms with E-state index >= 15 is 4.39 Å². The van der Waals surface area contributed by atoms with Gasteiger partial charge in [-0.15, -0.1) is 0 Å². The van der Waals surface area contributed by atoms with E-state index in [-0.39, 0.29) is 5.82 Å². The lowest BCUT2D eigenvalue weighted by Gasteiger charge is -2.23. The zero-order valence-electron chi connectivity index (χ0n) is 21.0. The summed E-state index contributed by atoms with van der Waals surface area (Å²) in [5, 5.41) is 3.21. The largest absolute Gasteiger partial charge is 0.359 e. The third-order valence-corrected chi connectivity index (χ3v) is 5.76. The van der Waals surface area contributed by atoms with Gasteiger partial charge in [-0.2, -0.15) is 0 Å². The van der Waals surface area contributed by atoms with E-state index in [4.69, 9.17) is 0 Å². The van der Waals surface area contributed by atoms with E-state index in [0.717, 1.165) is 36.8 Å². The fourth-order valence-corrected chi connectivity index (χ4v) is 3.50. The maximum absolute atomic E-state index is 15.5. The van der Waals surface area contributed by atoms with Crippen LogP contribution in [0.5, 0.6) is 0 Å². The molecule has 0 bridgehead atoms. The van der Waals surface area contributed by atoms with Crippen LogP contribution in [0.25, 0.3) is 5.57 Å². The summed E-state index contributed by atoms with van der Waals surface area (Å²) in [6.07, 6.45) is 5.72. The molecule has 1 atom stereocenters. The second-order valence-electron chi connectivity index (χ2n) is 9.01. The van der Waals surface area contributed by atoms with Crippen molar-refractivity contribution in [2.75, 3.05) is 0 Å². The number of hydrogen-bond donors (Lipinski definition) is 1. The molecule has 0 saturated heterocycles. The van der Waals surface area contributed by atoms with Crippen molar-refractivity contribution >= 4 is 11.3 Å². The number of alkyl halides is 1. The van der Waals surface area contributed by atoms with Gasteiger partial charge < -0.3 is 5.32 Å². The van der Waals surface area contributed by atoms with Crippen LogP contribution in [-0.4, -0.2) is 17.4 Å². The molecule has 0 spiro atoms. The molecule has 0 radical (unpaired) electrons. The maximum atomic E-state index is 15.5. The summed E-state index contributed by atoms with van der Waals surface area (Å²) < 4.78 is 30.0. The molecule has 4 heteroatoms. The minimum atomic E-state index is -1.49. The van der Waals surface area contributed by atoms with Crippen molar-refractivity contribution < 1.29 is 8.78 Å². The third kappa shape index (κ3) is 7.58. The number of halogens is 2. The Kier molecular flexibility index (Phi) is 10.3. The molecule has 0 saturated carbocycles. The topological polar surface area (TPSA) is 24.4 Å². The predicted molar refractivity (Wildman–Crippen MR) is 136 cm³/mol. The van der Waals surface area contributed by atoms with Crippen LogP contribution < -0.4 is 5.32 Å². The Labute approximate surface area is 193 Å². The van der Waals surface area contributed by atoms with Crippen molar-refractivity contribution in [3.8, 4) is 0 Å². The highest BCUT2D eigenvalue weighted by atomic mass is 19.1. The van der Waals surface area contributed by atoms with Crippen LogP contribution in [0.4, 0.5) is 8.78 Å². The smallest absolute Gasteiger partial charge is 0.131 e. The lowest BCUT2D eigenvalue weighted by Crippen LogP contribution is -2.28. The Bertz CT molecular complexity index is 891. The van der Waals surface area contributed by atoms with Gasteiger partial charge in [0.25, 0.3) is 0 Å². The van der Waals surface area contributed by atoms with Gasteiger partial charge in [0.1, 0.15) is 11.5 Å². The number of unbranched alkanes of at least 4 members (excludes halogenated alkanes) is 2. The number of nitrogens with one attached hydrogen (secondary N) is 1. The van der Waals surface area contributed by atoms with Crippen LogP contribution in [-0.2, 0) is 6.42 Å². The second kappa shape index (κ2) is 11.9. The Morgan fingerprint density at radius 2 is 1.84 bits per heavy atom. The first-order valence-corrected chi connectivity index (χ1v) is 11.3. The second-order valence-corrected chi connectivity index (χ2v) is 9.01. The van der Waals surface area contributed by atoms with E-state index in [1.54, 1.807) is 26.0 Å². The van der Waals surface area contributed by atoms with Gasteiger partial charge in [-0.1, -0.05) is 51.6 Å². The van der Waals surface area contributed by atoms with Crippen LogP contribution in [0, 0.1) is 12.7 Å². The normalized spacial score (nSPS) is 14.0. The van der Waals surface area contributed by atoms with Gasteiger partial charge in [0.2, 0.25) is 0 Å². The minimum Gasteiger partial charge on any atom is -0.359 e. The molecule has 0 amide bonds. The van der Waals surface area contributed by atoms with Crippen molar-refractivity contribution in [2.45, 2.75) is 85.9 Å². The highest BCUT2D eigenvalue weighted by Crippen LogP contribution is 2.30. The summed E-state index contributed by atoms with van der Waals surface area (Å²) in [4.78, 5) is 4.59. The lowest BCUT2D eigenvalue weighted by molar-refractivity contribution is 0.183. The monoisotopic (exact) mass is 442 g/mol. The third-order valence-electron chi connectivity index (χ3n) is 5.76. The van der Waals surface area contributed by atoms with E-state index in [9.17, 15) is 4.39 Å². The molecule has 1 aromatic rings. The molecule has 1 aromatic carbocycles. The Hall–Kier alpha value is -2.49. The van der Waals surface area contributed by atoms with Crippen LogP contribution in [0.15, 0.2) is 59.9 Å². The van der Waals surface area contributed by atoms with Crippen molar-refractivity contribution in [1.29, 1.82) is 0 Å². The first kappa shape index (κ1) is 27.5. The molecule has 0 aliphatic rings. The van der Waals surface area contributed by atoms with Crippen LogP contribution in [0.3, 0.4) is 0 Å². The summed E-state index contributed by atoms with van der Waals surface area (Å²) >= 11 is 0. The van der Waals surface area contributed by atoms with Gasteiger partial charge >= 0.3 is 0 Å². The minimum absolute atomic E-state index is 0.303. The zero-order chi connectivity index (χ0) is 24.6. The molecule has 32 heavy (non-hydrogen) atoms. The first-order chi connectivity index (χ1) is 14.8. The molecular weight excluding hydrogens is 402 g/mol. The number of nitrogens with zero attached hydrogens (tertiary/aromatic N) is 1. The van der Waals surface area contributed by atoms with E-state index in [1.807, 2.05) is 19.9 Å². The number of hydrogen-bond acceptors (Lipinski definition) is 2. The number of aliphatic imine (C=N–C) groups is 1. The van der Waals surface area contributed by atoms with Crippen molar-refractivity contribution in [3.05, 3.63) is 77.4 Å². The lowest BCUT2D eigenvalue weighted by atomic mass is 9.91. The standard InChI is InChI=1S/C28H40F2N2/c1-11-13-14-15-24-16-19(4)26(25(29)17-24)27(21(6)31-20(5)18(3)12-2)22(7)32-23(8)28(9,10)30/h12,16-17,23,31H,2-3,5,11,13-15H2,1,4,6-10H3. The van der Waals surface area contributed by atoms with Crippen molar-refractivity contribution in [3.63, 3.8) is 0 Å². The average Bonchev–Trinajstić information content (AvgIpc) is 2.69. The molecule has 0 aliphatic carbocycles. The van der Waals surface area contributed by atoms with Crippen molar-refractivity contribution in [2.24, 2.45) is 4.99 Å². The van der Waals surface area contributed by atoms with E-state index in [0.29, 0.717) is 33.8 Å². The molecule has 1 N–H and O–H groups in total. The van der Waals surface area contributed by atoms with Crippen LogP contribution in [0.2, 0.25) is 0 Å². The fourth-order valence-electron chi connectivity index (χ4n) is 3.50. The Balaban J connectivity index is 3.61. The average molecular weight is 443 g/mol. The molecule has 0 aromatic heterocycles. The van der Waals surface area contributed by atoms with Gasteiger partial charge in [-0.05, 0) is 77.2 Å². The zero-order valence-corrected chi connectivity index (χ0v) is 21.0. The van der Waals surface area contributed by atoms with Gasteiger partial charge in [-0.3, -0.25) is 4.99 Å². The Morgan fingerprint density at radius 3 is 2.34 bits per heavy atom. The molecule has 0 fully saturated rings. The quantitative estimate of drug-likeness (QED) is 0.198. The predicted octanol–water partition coefficient (Wildman–Crippen LogP) is 8.04. The SMILES string of the molecule is C=CC(=C)C(=C)NC(C)=C(C(C)=NC(C)C(C)(C)F)c1c(C)cc(CCCCC)cc1F. The number of rotatable bonds is 12. The summed E-state index contributed by atoms with van der Waals surface area (Å²) in [6, 6.07) is 3.06. The van der Waals surface area contributed by atoms with E-state index < -0.39 is 11.7 Å². The summed E-state index contributed by atoms with van der Waals surface area (Å²) in [7, 11) is 0. The van der Waals surface area contributed by atoms with Crippen LogP contribution >= 0.6 is 0 Å². The van der Waals surface area contributed by atoms with E-state index in [2.05, 4.69) is 37.0 Å². The summed E-state index contributed by atoms with van der Waals surface area (Å²) in [6.45, 7) is 24.0. The summed E-state index contributed by atoms with van der Waals surface area (Å²) in [5.74, 6) is -0.303. The molecule has 2 nitrogen and oxygen atoms in total. The fraction of sp³-hybridized carbons (Fsp3) is 0.464. The highest BCUT2D eigenvalue weighted by molar-refractivity contribution is 6.24. The molecule has 176 valence electrons.